The number of halogens is 1. The van der Waals surface area contributed by atoms with Crippen LogP contribution in [0.4, 0.5) is 5.69 Å². The van der Waals surface area contributed by atoms with E-state index >= 15 is 0 Å². The van der Waals surface area contributed by atoms with Crippen molar-refractivity contribution in [3.63, 3.8) is 0 Å². The van der Waals surface area contributed by atoms with Gasteiger partial charge in [-0.15, -0.1) is 0 Å². The predicted molar refractivity (Wildman–Crippen MR) is 112 cm³/mol. The molecule has 2 aromatic rings. The molecular formula is C22H27ClN2O3. The maximum atomic E-state index is 12.2. The Morgan fingerprint density at radius 3 is 2.54 bits per heavy atom. The number of carbonyl (C=O) groups excluding carboxylic acids is 1. The number of anilines is 1. The third kappa shape index (κ3) is 5.63. The fraction of sp³-hybridized carbons (Fsp3) is 0.409. The molecule has 0 unspecified atom stereocenters. The van der Waals surface area contributed by atoms with E-state index in [1.54, 1.807) is 13.2 Å². The lowest BCUT2D eigenvalue weighted by atomic mass is 10.1. The third-order valence-electron chi connectivity index (χ3n) is 4.96. The molecule has 0 aliphatic heterocycles. The van der Waals surface area contributed by atoms with Crippen LogP contribution >= 0.6 is 11.6 Å². The molecule has 1 aliphatic rings. The van der Waals surface area contributed by atoms with Crippen LogP contribution in [0.3, 0.4) is 0 Å². The first kappa shape index (κ1) is 20.5. The summed E-state index contributed by atoms with van der Waals surface area (Å²) >= 11 is 6.43. The van der Waals surface area contributed by atoms with E-state index in [0.717, 1.165) is 16.8 Å². The van der Waals surface area contributed by atoms with Gasteiger partial charge in [0.05, 0.1) is 7.11 Å². The van der Waals surface area contributed by atoms with Crippen molar-refractivity contribution >= 4 is 23.2 Å². The summed E-state index contributed by atoms with van der Waals surface area (Å²) in [6.45, 7) is 2.56. The molecule has 28 heavy (non-hydrogen) atoms. The van der Waals surface area contributed by atoms with E-state index in [1.807, 2.05) is 37.3 Å². The van der Waals surface area contributed by atoms with Gasteiger partial charge in [-0.3, -0.25) is 4.79 Å². The number of methoxy groups -OCH3 is 1. The molecule has 0 heterocycles. The van der Waals surface area contributed by atoms with E-state index in [2.05, 4.69) is 10.6 Å². The number of hydrogen-bond donors (Lipinski definition) is 2. The molecule has 1 aliphatic carbocycles. The third-order valence-corrected chi connectivity index (χ3v) is 5.31. The molecule has 0 aromatic heterocycles. The monoisotopic (exact) mass is 402 g/mol. The van der Waals surface area contributed by atoms with E-state index in [1.165, 1.54) is 25.7 Å². The van der Waals surface area contributed by atoms with Crippen LogP contribution in [0.25, 0.3) is 0 Å². The Balaban J connectivity index is 1.58. The Morgan fingerprint density at radius 1 is 1.14 bits per heavy atom. The Kier molecular flexibility index (Phi) is 7.18. The zero-order valence-corrected chi connectivity index (χ0v) is 17.1. The summed E-state index contributed by atoms with van der Waals surface area (Å²) in [5.41, 5.74) is 2.83. The highest BCUT2D eigenvalue weighted by molar-refractivity contribution is 6.31. The van der Waals surface area contributed by atoms with Crippen molar-refractivity contribution < 1.29 is 14.3 Å². The van der Waals surface area contributed by atoms with Crippen molar-refractivity contribution in [2.75, 3.05) is 19.0 Å². The number of nitrogens with one attached hydrogen (secondary N) is 2. The number of carbonyl (C=O) groups is 1. The lowest BCUT2D eigenvalue weighted by Crippen LogP contribution is -2.25. The molecule has 2 aromatic carbocycles. The lowest BCUT2D eigenvalue weighted by molar-refractivity contribution is -0.118. The second-order valence-corrected chi connectivity index (χ2v) is 7.57. The van der Waals surface area contributed by atoms with Crippen LogP contribution in [0, 0.1) is 6.92 Å². The highest BCUT2D eigenvalue weighted by atomic mass is 35.5. The van der Waals surface area contributed by atoms with E-state index < -0.39 is 0 Å². The second kappa shape index (κ2) is 9.80. The summed E-state index contributed by atoms with van der Waals surface area (Å²) in [6, 6.07) is 11.7. The molecule has 3 rings (SSSR count). The molecule has 1 fully saturated rings. The average Bonchev–Trinajstić information content (AvgIpc) is 3.21. The minimum atomic E-state index is -0.242. The molecule has 2 N–H and O–H groups in total. The summed E-state index contributed by atoms with van der Waals surface area (Å²) in [5, 5.41) is 6.95. The molecule has 0 spiro atoms. The van der Waals surface area contributed by atoms with Crippen molar-refractivity contribution in [3.8, 4) is 11.5 Å². The summed E-state index contributed by atoms with van der Waals surface area (Å²) in [6.07, 6.45) is 5.00. The molecule has 1 amide bonds. The topological polar surface area (TPSA) is 59.6 Å². The largest absolute Gasteiger partial charge is 0.493 e. The Hall–Kier alpha value is -2.24. The van der Waals surface area contributed by atoms with E-state index in [-0.39, 0.29) is 12.5 Å². The smallest absolute Gasteiger partial charge is 0.262 e. The molecule has 5 nitrogen and oxygen atoms in total. The molecule has 0 radical (unpaired) electrons. The highest BCUT2D eigenvalue weighted by Crippen LogP contribution is 2.33. The fourth-order valence-electron chi connectivity index (χ4n) is 3.35. The standard InChI is InChI=1S/C22H27ClN2O3/c1-15-7-9-18(10-8-15)25-22(26)14-28-21-12-19(23)16(11-20(21)27-2)13-24-17-5-3-4-6-17/h7-12,17,24H,3-6,13-14H2,1-2H3,(H,25,26). The summed E-state index contributed by atoms with van der Waals surface area (Å²) in [5.74, 6) is 0.779. The van der Waals surface area contributed by atoms with Gasteiger partial charge in [-0.05, 0) is 43.5 Å². The van der Waals surface area contributed by atoms with Gasteiger partial charge in [0.2, 0.25) is 0 Å². The SMILES string of the molecule is COc1cc(CNC2CCCC2)c(Cl)cc1OCC(=O)Nc1ccc(C)cc1. The van der Waals surface area contributed by atoms with Crippen LogP contribution in [-0.4, -0.2) is 25.7 Å². The van der Waals surface area contributed by atoms with Crippen molar-refractivity contribution in [2.45, 2.75) is 45.2 Å². The van der Waals surface area contributed by atoms with Gasteiger partial charge in [-0.2, -0.15) is 0 Å². The minimum absolute atomic E-state index is 0.125. The Labute approximate surface area is 171 Å². The van der Waals surface area contributed by atoms with Crippen molar-refractivity contribution in [1.29, 1.82) is 0 Å². The van der Waals surface area contributed by atoms with E-state index in [0.29, 0.717) is 29.1 Å². The summed E-state index contributed by atoms with van der Waals surface area (Å²) in [7, 11) is 1.58. The van der Waals surface area contributed by atoms with Gasteiger partial charge in [0.15, 0.2) is 18.1 Å². The van der Waals surface area contributed by atoms with Gasteiger partial charge < -0.3 is 20.1 Å². The number of hydrogen-bond acceptors (Lipinski definition) is 4. The number of aryl methyl sites for hydroxylation is 1. The average molecular weight is 403 g/mol. The highest BCUT2D eigenvalue weighted by Gasteiger charge is 2.16. The quantitative estimate of drug-likeness (QED) is 0.671. The van der Waals surface area contributed by atoms with E-state index in [9.17, 15) is 4.79 Å². The first-order valence-electron chi connectivity index (χ1n) is 9.64. The molecule has 0 atom stereocenters. The van der Waals surface area contributed by atoms with Crippen LogP contribution in [0.5, 0.6) is 11.5 Å². The molecule has 6 heteroatoms. The van der Waals surface area contributed by atoms with Gasteiger partial charge in [0.1, 0.15) is 0 Å². The minimum Gasteiger partial charge on any atom is -0.493 e. The number of ether oxygens (including phenoxy) is 2. The molecular weight excluding hydrogens is 376 g/mol. The van der Waals surface area contributed by atoms with Gasteiger partial charge in [0, 0.05) is 29.4 Å². The van der Waals surface area contributed by atoms with Crippen molar-refractivity contribution in [1.82, 2.24) is 5.32 Å². The van der Waals surface area contributed by atoms with Gasteiger partial charge in [-0.25, -0.2) is 0 Å². The van der Waals surface area contributed by atoms with Gasteiger partial charge in [0.25, 0.3) is 5.91 Å². The fourth-order valence-corrected chi connectivity index (χ4v) is 3.57. The molecule has 1 saturated carbocycles. The van der Waals surface area contributed by atoms with E-state index in [4.69, 9.17) is 21.1 Å². The number of amides is 1. The van der Waals surface area contributed by atoms with Crippen LogP contribution in [0.15, 0.2) is 36.4 Å². The predicted octanol–water partition coefficient (Wildman–Crippen LogP) is 4.71. The van der Waals surface area contributed by atoms with Crippen molar-refractivity contribution in [3.05, 3.63) is 52.5 Å². The zero-order chi connectivity index (χ0) is 19.9. The first-order chi connectivity index (χ1) is 13.5. The maximum Gasteiger partial charge on any atom is 0.262 e. The molecule has 150 valence electrons. The molecule has 0 saturated heterocycles. The summed E-state index contributed by atoms with van der Waals surface area (Å²) < 4.78 is 11.1. The molecule has 0 bridgehead atoms. The normalized spacial score (nSPS) is 14.1. The second-order valence-electron chi connectivity index (χ2n) is 7.16. The van der Waals surface area contributed by atoms with Gasteiger partial charge in [-0.1, -0.05) is 42.1 Å². The number of rotatable bonds is 8. The van der Waals surface area contributed by atoms with Gasteiger partial charge >= 0.3 is 0 Å². The Bertz CT molecular complexity index is 802. The number of benzene rings is 2. The zero-order valence-electron chi connectivity index (χ0n) is 16.4. The Morgan fingerprint density at radius 2 is 1.86 bits per heavy atom. The van der Waals surface area contributed by atoms with Crippen LogP contribution in [0.1, 0.15) is 36.8 Å². The first-order valence-corrected chi connectivity index (χ1v) is 10.0. The van der Waals surface area contributed by atoms with Crippen LogP contribution < -0.4 is 20.1 Å². The maximum absolute atomic E-state index is 12.2. The van der Waals surface area contributed by atoms with Crippen LogP contribution in [-0.2, 0) is 11.3 Å². The lowest BCUT2D eigenvalue weighted by Gasteiger charge is -2.16. The van der Waals surface area contributed by atoms with Crippen molar-refractivity contribution in [2.24, 2.45) is 0 Å². The summed E-state index contributed by atoms with van der Waals surface area (Å²) in [4.78, 5) is 12.2. The van der Waals surface area contributed by atoms with Crippen LogP contribution in [0.2, 0.25) is 5.02 Å².